The zero-order valence-corrected chi connectivity index (χ0v) is 15.6. The molecule has 28 heavy (non-hydrogen) atoms. The van der Waals surface area contributed by atoms with Crippen molar-refractivity contribution in [2.75, 3.05) is 4.90 Å². The van der Waals surface area contributed by atoms with Gasteiger partial charge in [0.05, 0.1) is 5.69 Å². The number of amides is 1. The fourth-order valence-corrected chi connectivity index (χ4v) is 5.06. The molecule has 3 aromatic rings. The second-order valence-electron chi connectivity index (χ2n) is 6.70. The Morgan fingerprint density at radius 3 is 2.82 bits per heavy atom. The number of para-hydroxylation sites is 1. The molecule has 1 atom stereocenters. The van der Waals surface area contributed by atoms with Gasteiger partial charge >= 0.3 is 5.97 Å². The maximum absolute atomic E-state index is 13.0. The Morgan fingerprint density at radius 1 is 1.18 bits per heavy atom. The molecule has 2 aliphatic rings. The first-order valence-corrected chi connectivity index (χ1v) is 9.78. The van der Waals surface area contributed by atoms with E-state index >= 15 is 0 Å². The van der Waals surface area contributed by atoms with Gasteiger partial charge in [-0.1, -0.05) is 59.4 Å². The molecule has 0 N–H and O–H groups in total. The third-order valence-corrected chi connectivity index (χ3v) is 6.42. The molecule has 7 heteroatoms. The molecule has 1 saturated heterocycles. The van der Waals surface area contributed by atoms with Crippen molar-refractivity contribution in [2.45, 2.75) is 29.2 Å². The number of aromatic nitrogens is 1. The number of carbonyl (C=O) groups excluding carboxylic acids is 2. The number of carbonyl (C=O) groups is 2. The molecule has 0 unspecified atom stereocenters. The summed E-state index contributed by atoms with van der Waals surface area (Å²) in [5.74, 6) is -0.0300. The monoisotopic (exact) mass is 392 g/mol. The van der Waals surface area contributed by atoms with Gasteiger partial charge in [-0.2, -0.15) is 0 Å². The van der Waals surface area contributed by atoms with E-state index in [4.69, 9.17) is 9.26 Å². The quantitative estimate of drug-likeness (QED) is 0.625. The molecule has 6 nitrogen and oxygen atoms in total. The van der Waals surface area contributed by atoms with Gasteiger partial charge in [-0.3, -0.25) is 9.69 Å². The van der Waals surface area contributed by atoms with Crippen LogP contribution in [0.3, 0.4) is 0 Å². The molecule has 5 rings (SSSR count). The molecule has 0 aliphatic carbocycles. The lowest BCUT2D eigenvalue weighted by Crippen LogP contribution is -2.47. The Bertz CT molecular complexity index is 1070. The maximum atomic E-state index is 13.0. The van der Waals surface area contributed by atoms with Crippen molar-refractivity contribution >= 4 is 29.3 Å². The van der Waals surface area contributed by atoms with Gasteiger partial charge in [0, 0.05) is 29.4 Å². The molecule has 140 valence electrons. The molecule has 0 radical (unpaired) electrons. The highest BCUT2D eigenvalue weighted by atomic mass is 32.2. The first-order chi connectivity index (χ1) is 13.7. The van der Waals surface area contributed by atoms with Gasteiger partial charge in [-0.05, 0) is 12.1 Å². The summed E-state index contributed by atoms with van der Waals surface area (Å²) in [4.78, 5) is 26.9. The number of fused-ring (bicyclic) bond motifs is 3. The fraction of sp³-hybridized carbons (Fsp3) is 0.190. The predicted molar refractivity (Wildman–Crippen MR) is 103 cm³/mol. The molecular weight excluding hydrogens is 376 g/mol. The Kier molecular flexibility index (Phi) is 3.98. The summed E-state index contributed by atoms with van der Waals surface area (Å²) in [5, 5.41) is 4.04. The van der Waals surface area contributed by atoms with Crippen LogP contribution in [-0.4, -0.2) is 21.9 Å². The first kappa shape index (κ1) is 17.1. The fourth-order valence-electron chi connectivity index (χ4n) is 3.65. The standard InChI is InChI=1S/C21H16N2O4S/c24-19-10-11-21(23(19)17-8-4-5-9-18(17)28-21)20(25)26-13-15-12-16(22-27-15)14-6-2-1-3-7-14/h1-9,12H,10-11,13H2/t21-/m0/s1. The van der Waals surface area contributed by atoms with Crippen LogP contribution in [0.1, 0.15) is 18.6 Å². The largest absolute Gasteiger partial charge is 0.455 e. The maximum Gasteiger partial charge on any atom is 0.343 e. The van der Waals surface area contributed by atoms with E-state index in [1.54, 1.807) is 11.0 Å². The van der Waals surface area contributed by atoms with E-state index in [0.29, 0.717) is 24.3 Å². The highest BCUT2D eigenvalue weighted by Gasteiger charge is 2.58. The van der Waals surface area contributed by atoms with Crippen molar-refractivity contribution in [3.63, 3.8) is 0 Å². The molecule has 3 heterocycles. The number of hydrogen-bond acceptors (Lipinski definition) is 6. The van der Waals surface area contributed by atoms with Crippen LogP contribution in [0, 0.1) is 0 Å². The number of esters is 1. The summed E-state index contributed by atoms with van der Waals surface area (Å²) in [6, 6.07) is 18.9. The van der Waals surface area contributed by atoms with E-state index < -0.39 is 10.8 Å². The number of hydrogen-bond donors (Lipinski definition) is 0. The number of anilines is 1. The minimum Gasteiger partial charge on any atom is -0.455 e. The van der Waals surface area contributed by atoms with Crippen LogP contribution in [0.4, 0.5) is 5.69 Å². The third-order valence-electron chi connectivity index (χ3n) is 4.97. The second kappa shape index (κ2) is 6.53. The zero-order valence-electron chi connectivity index (χ0n) is 14.8. The van der Waals surface area contributed by atoms with Gasteiger partial charge in [0.2, 0.25) is 5.91 Å². The van der Waals surface area contributed by atoms with Gasteiger partial charge in [-0.25, -0.2) is 4.79 Å². The Labute approximate surface area is 165 Å². The second-order valence-corrected chi connectivity index (χ2v) is 8.02. The number of ether oxygens (including phenoxy) is 1. The van der Waals surface area contributed by atoms with Gasteiger partial charge in [0.1, 0.15) is 5.69 Å². The van der Waals surface area contributed by atoms with Crippen molar-refractivity contribution < 1.29 is 18.8 Å². The number of rotatable bonds is 4. The normalized spacial score (nSPS) is 20.1. The smallest absolute Gasteiger partial charge is 0.343 e. The molecule has 1 fully saturated rings. The summed E-state index contributed by atoms with van der Waals surface area (Å²) in [7, 11) is 0. The van der Waals surface area contributed by atoms with Crippen LogP contribution in [0.15, 0.2) is 70.1 Å². The molecule has 2 aliphatic heterocycles. The first-order valence-electron chi connectivity index (χ1n) is 8.97. The minimum atomic E-state index is -1.02. The van der Waals surface area contributed by atoms with Gasteiger partial charge < -0.3 is 9.26 Å². The number of benzene rings is 2. The zero-order chi connectivity index (χ0) is 19.1. The number of thioether (sulfide) groups is 1. The summed E-state index contributed by atoms with van der Waals surface area (Å²) >= 11 is 1.39. The summed E-state index contributed by atoms with van der Waals surface area (Å²) in [6.45, 7) is -0.0284. The van der Waals surface area contributed by atoms with Crippen molar-refractivity contribution in [1.82, 2.24) is 5.16 Å². The number of nitrogens with zero attached hydrogens (tertiary/aromatic N) is 2. The lowest BCUT2D eigenvalue weighted by atomic mass is 10.1. The lowest BCUT2D eigenvalue weighted by molar-refractivity contribution is -0.148. The summed E-state index contributed by atoms with van der Waals surface area (Å²) < 4.78 is 10.9. The van der Waals surface area contributed by atoms with E-state index in [9.17, 15) is 9.59 Å². The molecule has 0 bridgehead atoms. The van der Waals surface area contributed by atoms with Crippen LogP contribution in [0.5, 0.6) is 0 Å². The topological polar surface area (TPSA) is 72.6 Å². The van der Waals surface area contributed by atoms with E-state index in [0.717, 1.165) is 16.1 Å². The van der Waals surface area contributed by atoms with Crippen molar-refractivity contribution in [2.24, 2.45) is 0 Å². The SMILES string of the molecule is O=C1CC[C@@]2(C(=O)OCc3cc(-c4ccccc4)no3)Sc3ccccc3N12. The third kappa shape index (κ3) is 2.62. The Balaban J connectivity index is 1.34. The Morgan fingerprint density at radius 2 is 1.96 bits per heavy atom. The molecular formula is C21H16N2O4S. The summed E-state index contributed by atoms with van der Waals surface area (Å²) in [6.07, 6.45) is 0.757. The van der Waals surface area contributed by atoms with Crippen LogP contribution in [-0.2, 0) is 20.9 Å². The molecule has 1 aromatic heterocycles. The molecule has 0 spiro atoms. The van der Waals surface area contributed by atoms with E-state index in [1.807, 2.05) is 54.6 Å². The van der Waals surface area contributed by atoms with Gasteiger partial charge in [0.15, 0.2) is 17.2 Å². The molecule has 2 aromatic carbocycles. The lowest BCUT2D eigenvalue weighted by Gasteiger charge is -2.28. The van der Waals surface area contributed by atoms with Crippen LogP contribution in [0.25, 0.3) is 11.3 Å². The van der Waals surface area contributed by atoms with Gasteiger partial charge in [0.25, 0.3) is 0 Å². The molecule has 1 amide bonds. The van der Waals surface area contributed by atoms with E-state index in [-0.39, 0.29) is 12.5 Å². The van der Waals surface area contributed by atoms with Crippen molar-refractivity contribution in [3.05, 3.63) is 66.4 Å². The predicted octanol–water partition coefficient (Wildman–Crippen LogP) is 4.01. The summed E-state index contributed by atoms with van der Waals surface area (Å²) in [5.41, 5.74) is 2.39. The average molecular weight is 392 g/mol. The van der Waals surface area contributed by atoms with Gasteiger partial charge in [-0.15, -0.1) is 0 Å². The average Bonchev–Trinajstić information content (AvgIpc) is 3.41. The van der Waals surface area contributed by atoms with Crippen LogP contribution in [0.2, 0.25) is 0 Å². The Hall–Kier alpha value is -3.06. The van der Waals surface area contributed by atoms with Crippen LogP contribution < -0.4 is 4.90 Å². The van der Waals surface area contributed by atoms with Crippen LogP contribution >= 0.6 is 11.8 Å². The van der Waals surface area contributed by atoms with Crippen molar-refractivity contribution in [3.8, 4) is 11.3 Å². The molecule has 0 saturated carbocycles. The highest BCUT2D eigenvalue weighted by molar-refractivity contribution is 8.02. The van der Waals surface area contributed by atoms with E-state index in [2.05, 4.69) is 5.16 Å². The van der Waals surface area contributed by atoms with Crippen molar-refractivity contribution in [1.29, 1.82) is 0 Å². The van der Waals surface area contributed by atoms with E-state index in [1.165, 1.54) is 11.8 Å². The minimum absolute atomic E-state index is 0.0284. The highest BCUT2D eigenvalue weighted by Crippen LogP contribution is 2.56.